The lowest BCUT2D eigenvalue weighted by Crippen LogP contribution is -2.51. The van der Waals surface area contributed by atoms with E-state index in [0.29, 0.717) is 35.0 Å². The zero-order chi connectivity index (χ0) is 24.0. The minimum Gasteiger partial charge on any atom is -0.341 e. The number of benzene rings is 3. The van der Waals surface area contributed by atoms with E-state index in [9.17, 15) is 4.79 Å². The van der Waals surface area contributed by atoms with Gasteiger partial charge in [-0.2, -0.15) is 0 Å². The maximum atomic E-state index is 13.6. The molecule has 5 aromatic rings. The second kappa shape index (κ2) is 8.52. The Labute approximate surface area is 211 Å². The Balaban J connectivity index is 1.38. The fraction of sp³-hybridized carbons (Fsp3) is 0.154. The molecule has 0 saturated heterocycles. The van der Waals surface area contributed by atoms with Gasteiger partial charge in [0.1, 0.15) is 18.5 Å². The number of amides is 1. The normalized spacial score (nSPS) is 17.3. The second-order valence-electron chi connectivity index (χ2n) is 8.68. The zero-order valence-corrected chi connectivity index (χ0v) is 20.0. The van der Waals surface area contributed by atoms with E-state index in [4.69, 9.17) is 28.2 Å². The molecule has 0 saturated carbocycles. The van der Waals surface area contributed by atoms with Crippen LogP contribution in [0.4, 0.5) is 0 Å². The van der Waals surface area contributed by atoms with Gasteiger partial charge in [-0.3, -0.25) is 9.36 Å². The van der Waals surface area contributed by atoms with Crippen molar-refractivity contribution >= 4 is 40.1 Å². The number of rotatable bonds is 4. The van der Waals surface area contributed by atoms with Crippen LogP contribution in [0.1, 0.15) is 28.2 Å². The number of hydrogen-bond acceptors (Lipinski definition) is 4. The maximum Gasteiger partial charge on any atom is 0.253 e. The van der Waals surface area contributed by atoms with Crippen LogP contribution in [-0.4, -0.2) is 30.2 Å². The van der Waals surface area contributed by atoms with Crippen molar-refractivity contribution in [2.24, 2.45) is 0 Å². The molecule has 174 valence electrons. The molecule has 0 radical (unpaired) electrons. The number of carbonyl (C=O) groups excluding carboxylic acids is 1. The molecule has 1 aliphatic rings. The van der Waals surface area contributed by atoms with Gasteiger partial charge in [-0.25, -0.2) is 4.98 Å². The lowest BCUT2D eigenvalue weighted by molar-refractivity contribution is 0.0867. The highest BCUT2D eigenvalue weighted by molar-refractivity contribution is 6.34. The van der Waals surface area contributed by atoms with Crippen molar-refractivity contribution in [3.05, 3.63) is 106 Å². The summed E-state index contributed by atoms with van der Waals surface area (Å²) in [5, 5.41) is 12.0. The zero-order valence-electron chi connectivity index (χ0n) is 18.5. The predicted molar refractivity (Wildman–Crippen MR) is 135 cm³/mol. The molecule has 2 aromatic heterocycles. The first-order valence-corrected chi connectivity index (χ1v) is 12.0. The van der Waals surface area contributed by atoms with E-state index in [0.717, 1.165) is 28.1 Å². The predicted octanol–water partition coefficient (Wildman–Crippen LogP) is 5.20. The van der Waals surface area contributed by atoms with Crippen molar-refractivity contribution in [2.45, 2.75) is 24.9 Å². The summed E-state index contributed by atoms with van der Waals surface area (Å²) in [4.78, 5) is 18.4. The van der Waals surface area contributed by atoms with Gasteiger partial charge in [-0.05, 0) is 48.4 Å². The van der Waals surface area contributed by atoms with Crippen molar-refractivity contribution < 1.29 is 4.79 Å². The molecule has 0 spiro atoms. The third kappa shape index (κ3) is 3.87. The van der Waals surface area contributed by atoms with Crippen molar-refractivity contribution in [1.82, 2.24) is 29.6 Å². The molecule has 9 heteroatoms. The summed E-state index contributed by atoms with van der Waals surface area (Å²) >= 11 is 12.8. The summed E-state index contributed by atoms with van der Waals surface area (Å²) in [6.07, 6.45) is 4.58. The van der Waals surface area contributed by atoms with E-state index >= 15 is 0 Å². The van der Waals surface area contributed by atoms with Crippen LogP contribution < -0.4 is 5.32 Å². The number of aryl methyl sites for hydroxylation is 1. The third-order valence-electron chi connectivity index (χ3n) is 6.59. The molecule has 1 amide bonds. The standard InChI is InChI=1S/C26H20Cl2N6O/c27-18-6-9-23-22(12-18)31-24-10-11-26(14-34(23)24,17-4-2-1-3-5-17)32-25(35)20-8-7-19(13-21(20)28)33-15-29-30-16-33/h1-9,12-13,15-16H,10-11,14H2,(H,32,35)/t26-/m1/s1. The lowest BCUT2D eigenvalue weighted by Gasteiger charge is -2.39. The Morgan fingerprint density at radius 3 is 2.54 bits per heavy atom. The van der Waals surface area contributed by atoms with E-state index in [2.05, 4.69) is 32.2 Å². The Morgan fingerprint density at radius 2 is 1.77 bits per heavy atom. The lowest BCUT2D eigenvalue weighted by atomic mass is 9.82. The number of nitrogens with zero attached hydrogens (tertiary/aromatic N) is 5. The van der Waals surface area contributed by atoms with Gasteiger partial charge in [0.15, 0.2) is 0 Å². The van der Waals surface area contributed by atoms with Gasteiger partial charge in [0.2, 0.25) is 0 Å². The topological polar surface area (TPSA) is 77.6 Å². The number of aromatic nitrogens is 5. The molecular formula is C26H20Cl2N6O. The molecule has 0 aliphatic carbocycles. The summed E-state index contributed by atoms with van der Waals surface area (Å²) in [5.74, 6) is 0.754. The van der Waals surface area contributed by atoms with Crippen LogP contribution in [0.2, 0.25) is 10.0 Å². The second-order valence-corrected chi connectivity index (χ2v) is 9.53. The van der Waals surface area contributed by atoms with Crippen molar-refractivity contribution in [3.8, 4) is 5.69 Å². The fourth-order valence-electron chi connectivity index (χ4n) is 4.83. The van der Waals surface area contributed by atoms with Gasteiger partial charge >= 0.3 is 0 Å². The third-order valence-corrected chi connectivity index (χ3v) is 7.13. The van der Waals surface area contributed by atoms with Crippen molar-refractivity contribution in [1.29, 1.82) is 0 Å². The molecule has 0 unspecified atom stereocenters. The van der Waals surface area contributed by atoms with Gasteiger partial charge in [0.05, 0.1) is 33.7 Å². The number of imidazole rings is 1. The minimum absolute atomic E-state index is 0.231. The van der Waals surface area contributed by atoms with Crippen LogP contribution in [0, 0.1) is 0 Å². The van der Waals surface area contributed by atoms with Gasteiger partial charge in [-0.15, -0.1) is 10.2 Å². The molecule has 0 fully saturated rings. The molecule has 3 aromatic carbocycles. The quantitative estimate of drug-likeness (QED) is 0.366. The van der Waals surface area contributed by atoms with Crippen LogP contribution in [0.25, 0.3) is 16.7 Å². The molecule has 0 bridgehead atoms. The van der Waals surface area contributed by atoms with Crippen LogP contribution in [0.15, 0.2) is 79.4 Å². The summed E-state index contributed by atoms with van der Waals surface area (Å²) in [5.41, 5.74) is 3.44. The Hall–Kier alpha value is -3.68. The van der Waals surface area contributed by atoms with Crippen LogP contribution >= 0.6 is 23.2 Å². The van der Waals surface area contributed by atoms with E-state index in [1.165, 1.54) is 0 Å². The first-order valence-electron chi connectivity index (χ1n) is 11.2. The monoisotopic (exact) mass is 502 g/mol. The largest absolute Gasteiger partial charge is 0.341 e. The SMILES string of the molecule is O=C(N[C@]1(c2ccccc2)CCc2nc3cc(Cl)ccc3n2C1)c1ccc(-n2cnnc2)cc1Cl. The van der Waals surface area contributed by atoms with E-state index < -0.39 is 5.54 Å². The molecule has 1 atom stereocenters. The van der Waals surface area contributed by atoms with Gasteiger partial charge < -0.3 is 9.88 Å². The highest BCUT2D eigenvalue weighted by Crippen LogP contribution is 2.36. The molecule has 35 heavy (non-hydrogen) atoms. The van der Waals surface area contributed by atoms with Gasteiger partial charge in [0.25, 0.3) is 5.91 Å². The first kappa shape index (κ1) is 21.8. The average Bonchev–Trinajstić information content (AvgIpc) is 3.52. The number of carbonyl (C=O) groups is 1. The summed E-state index contributed by atoms with van der Waals surface area (Å²) in [6, 6.07) is 21.1. The summed E-state index contributed by atoms with van der Waals surface area (Å²) in [7, 11) is 0. The number of fused-ring (bicyclic) bond motifs is 3. The van der Waals surface area contributed by atoms with Gasteiger partial charge in [-0.1, -0.05) is 53.5 Å². The molecular weight excluding hydrogens is 483 g/mol. The van der Waals surface area contributed by atoms with E-state index in [1.54, 1.807) is 29.4 Å². The molecule has 1 aliphatic heterocycles. The Bertz CT molecular complexity index is 1550. The number of halogens is 2. The minimum atomic E-state index is -0.630. The molecule has 3 heterocycles. The van der Waals surface area contributed by atoms with Crippen LogP contribution in [0.5, 0.6) is 0 Å². The Morgan fingerprint density at radius 1 is 0.971 bits per heavy atom. The van der Waals surface area contributed by atoms with E-state index in [1.807, 2.05) is 42.5 Å². The molecule has 7 nitrogen and oxygen atoms in total. The summed E-state index contributed by atoms with van der Waals surface area (Å²) < 4.78 is 3.91. The Kier molecular flexibility index (Phi) is 5.31. The smallest absolute Gasteiger partial charge is 0.253 e. The van der Waals surface area contributed by atoms with Crippen molar-refractivity contribution in [2.75, 3.05) is 0 Å². The fourth-order valence-corrected chi connectivity index (χ4v) is 5.26. The molecule has 1 N–H and O–H groups in total. The maximum absolute atomic E-state index is 13.6. The summed E-state index contributed by atoms with van der Waals surface area (Å²) in [6.45, 7) is 0.548. The van der Waals surface area contributed by atoms with Crippen LogP contribution in [-0.2, 0) is 18.5 Å². The number of nitrogens with one attached hydrogen (secondary N) is 1. The molecule has 6 rings (SSSR count). The highest BCUT2D eigenvalue weighted by Gasteiger charge is 2.39. The van der Waals surface area contributed by atoms with Crippen LogP contribution in [0.3, 0.4) is 0 Å². The first-order chi connectivity index (χ1) is 17.0. The average molecular weight is 503 g/mol. The number of hydrogen-bond donors (Lipinski definition) is 1. The van der Waals surface area contributed by atoms with Crippen molar-refractivity contribution in [3.63, 3.8) is 0 Å². The van der Waals surface area contributed by atoms with E-state index in [-0.39, 0.29) is 5.91 Å². The highest BCUT2D eigenvalue weighted by atomic mass is 35.5. The van der Waals surface area contributed by atoms with Gasteiger partial charge in [0, 0.05) is 17.1 Å².